The number of benzene rings is 2. The van der Waals surface area contributed by atoms with Gasteiger partial charge in [0.1, 0.15) is 5.41 Å². The number of hydrogen-bond donors (Lipinski definition) is 1. The minimum Gasteiger partial charge on any atom is -0.480 e. The first-order valence-electron chi connectivity index (χ1n) is 7.12. The zero-order valence-electron chi connectivity index (χ0n) is 12.3. The Labute approximate surface area is 124 Å². The van der Waals surface area contributed by atoms with Crippen LogP contribution in [0.4, 0.5) is 0 Å². The standard InChI is InChI=1S/C19H18O2/c1-13-10-11-19(18(20)21,12-14(13)2)17-9-5-7-15-6-3-4-8-16(15)17/h3-11H,12H2,1-2H3,(H,20,21). The van der Waals surface area contributed by atoms with Crippen LogP contribution in [0.2, 0.25) is 0 Å². The van der Waals surface area contributed by atoms with E-state index in [0.29, 0.717) is 6.42 Å². The topological polar surface area (TPSA) is 37.3 Å². The quantitative estimate of drug-likeness (QED) is 0.880. The lowest BCUT2D eigenvalue weighted by atomic mass is 9.70. The second-order valence-electron chi connectivity index (χ2n) is 5.78. The van der Waals surface area contributed by atoms with Crippen molar-refractivity contribution in [3.8, 4) is 0 Å². The molecule has 0 aliphatic heterocycles. The molecule has 2 nitrogen and oxygen atoms in total. The predicted octanol–water partition coefficient (Wildman–Crippen LogP) is 4.46. The SMILES string of the molecule is CC1=C(C)CC(C(=O)O)(c2cccc3ccccc23)C=C1. The van der Waals surface area contributed by atoms with Gasteiger partial charge in [-0.25, -0.2) is 0 Å². The summed E-state index contributed by atoms with van der Waals surface area (Å²) in [6.45, 7) is 4.04. The number of hydrogen-bond acceptors (Lipinski definition) is 1. The molecule has 0 spiro atoms. The van der Waals surface area contributed by atoms with E-state index in [1.807, 2.05) is 68.5 Å². The second-order valence-corrected chi connectivity index (χ2v) is 5.78. The number of carboxylic acid groups (broad SMARTS) is 1. The monoisotopic (exact) mass is 278 g/mol. The number of fused-ring (bicyclic) bond motifs is 1. The Morgan fingerprint density at radius 2 is 1.81 bits per heavy atom. The van der Waals surface area contributed by atoms with Gasteiger partial charge in [-0.3, -0.25) is 4.79 Å². The molecule has 1 N–H and O–H groups in total. The van der Waals surface area contributed by atoms with Crippen LogP contribution >= 0.6 is 0 Å². The maximum absolute atomic E-state index is 12.1. The van der Waals surface area contributed by atoms with Crippen LogP contribution in [-0.4, -0.2) is 11.1 Å². The third-order valence-corrected chi connectivity index (χ3v) is 4.49. The highest BCUT2D eigenvalue weighted by atomic mass is 16.4. The van der Waals surface area contributed by atoms with Crippen molar-refractivity contribution in [3.63, 3.8) is 0 Å². The summed E-state index contributed by atoms with van der Waals surface area (Å²) in [4.78, 5) is 12.1. The van der Waals surface area contributed by atoms with Crippen LogP contribution in [-0.2, 0) is 10.2 Å². The van der Waals surface area contributed by atoms with Gasteiger partial charge in [-0.2, -0.15) is 0 Å². The van der Waals surface area contributed by atoms with Gasteiger partial charge in [-0.05, 0) is 36.6 Å². The zero-order valence-corrected chi connectivity index (χ0v) is 12.3. The molecule has 2 aromatic rings. The fraction of sp³-hybridized carbons (Fsp3) is 0.211. The molecule has 0 aromatic heterocycles. The van der Waals surface area contributed by atoms with Gasteiger partial charge in [0.25, 0.3) is 0 Å². The maximum Gasteiger partial charge on any atom is 0.318 e. The third kappa shape index (κ3) is 2.07. The van der Waals surface area contributed by atoms with Crippen LogP contribution in [0.3, 0.4) is 0 Å². The number of allylic oxidation sites excluding steroid dienone is 3. The molecule has 3 rings (SSSR count). The van der Waals surface area contributed by atoms with Crippen LogP contribution in [0.1, 0.15) is 25.8 Å². The molecular formula is C19H18O2. The molecule has 0 saturated carbocycles. The Balaban J connectivity index is 2.28. The molecule has 0 bridgehead atoms. The second kappa shape index (κ2) is 4.88. The average Bonchev–Trinajstić information content (AvgIpc) is 2.49. The summed E-state index contributed by atoms with van der Waals surface area (Å²) in [6, 6.07) is 13.9. The molecule has 1 atom stereocenters. The molecule has 0 fully saturated rings. The molecule has 21 heavy (non-hydrogen) atoms. The first-order valence-corrected chi connectivity index (χ1v) is 7.12. The number of carbonyl (C=O) groups is 1. The lowest BCUT2D eigenvalue weighted by molar-refractivity contribution is -0.141. The van der Waals surface area contributed by atoms with Gasteiger partial charge in [0.2, 0.25) is 0 Å². The van der Waals surface area contributed by atoms with Crippen molar-refractivity contribution in [3.05, 3.63) is 71.3 Å². The summed E-state index contributed by atoms with van der Waals surface area (Å²) in [7, 11) is 0. The molecule has 0 saturated heterocycles. The van der Waals surface area contributed by atoms with Gasteiger partial charge in [0.15, 0.2) is 0 Å². The first kappa shape index (κ1) is 13.6. The number of aliphatic carboxylic acids is 1. The molecule has 1 aliphatic rings. The van der Waals surface area contributed by atoms with E-state index in [9.17, 15) is 9.90 Å². The molecule has 0 amide bonds. The van der Waals surface area contributed by atoms with E-state index in [2.05, 4.69) is 0 Å². The molecule has 1 aliphatic carbocycles. The normalized spacial score (nSPS) is 21.8. The third-order valence-electron chi connectivity index (χ3n) is 4.49. The van der Waals surface area contributed by atoms with Crippen LogP contribution in [0, 0.1) is 0 Å². The minimum atomic E-state index is -0.968. The fourth-order valence-electron chi connectivity index (χ4n) is 3.09. The first-order chi connectivity index (χ1) is 10.0. The lowest BCUT2D eigenvalue weighted by Gasteiger charge is -2.31. The van der Waals surface area contributed by atoms with E-state index in [4.69, 9.17) is 0 Å². The van der Waals surface area contributed by atoms with E-state index < -0.39 is 11.4 Å². The van der Waals surface area contributed by atoms with Gasteiger partial charge < -0.3 is 5.11 Å². The van der Waals surface area contributed by atoms with E-state index in [1.165, 1.54) is 0 Å². The van der Waals surface area contributed by atoms with Crippen molar-refractivity contribution in [2.75, 3.05) is 0 Å². The Hall–Kier alpha value is -2.35. The minimum absolute atomic E-state index is 0.526. The Morgan fingerprint density at radius 1 is 1.10 bits per heavy atom. The van der Waals surface area contributed by atoms with Gasteiger partial charge >= 0.3 is 5.97 Å². The maximum atomic E-state index is 12.1. The van der Waals surface area contributed by atoms with Crippen LogP contribution in [0.25, 0.3) is 10.8 Å². The Morgan fingerprint density at radius 3 is 2.52 bits per heavy atom. The fourth-order valence-corrected chi connectivity index (χ4v) is 3.09. The molecule has 1 unspecified atom stereocenters. The van der Waals surface area contributed by atoms with Crippen molar-refractivity contribution >= 4 is 16.7 Å². The van der Waals surface area contributed by atoms with E-state index in [0.717, 1.165) is 27.5 Å². The summed E-state index contributed by atoms with van der Waals surface area (Å²) in [5, 5.41) is 12.0. The Bertz CT molecular complexity index is 778. The van der Waals surface area contributed by atoms with Crippen molar-refractivity contribution < 1.29 is 9.90 Å². The zero-order chi connectivity index (χ0) is 15.0. The van der Waals surface area contributed by atoms with E-state index >= 15 is 0 Å². The summed E-state index contributed by atoms with van der Waals surface area (Å²) in [6.07, 6.45) is 4.31. The molecule has 2 aromatic carbocycles. The van der Waals surface area contributed by atoms with Gasteiger partial charge in [0.05, 0.1) is 0 Å². The van der Waals surface area contributed by atoms with Crippen molar-refractivity contribution in [2.45, 2.75) is 25.7 Å². The highest BCUT2D eigenvalue weighted by Crippen LogP contribution is 2.40. The van der Waals surface area contributed by atoms with Gasteiger partial charge in [0, 0.05) is 0 Å². The lowest BCUT2D eigenvalue weighted by Crippen LogP contribution is -2.35. The largest absolute Gasteiger partial charge is 0.480 e. The van der Waals surface area contributed by atoms with Crippen LogP contribution in [0.5, 0.6) is 0 Å². The molecule has 2 heteroatoms. The highest BCUT2D eigenvalue weighted by Gasteiger charge is 2.40. The van der Waals surface area contributed by atoms with Crippen LogP contribution < -0.4 is 0 Å². The summed E-state index contributed by atoms with van der Waals surface area (Å²) < 4.78 is 0. The molecule has 0 heterocycles. The predicted molar refractivity (Wildman–Crippen MR) is 85.4 cm³/mol. The number of rotatable bonds is 2. The van der Waals surface area contributed by atoms with Gasteiger partial charge in [-0.1, -0.05) is 65.8 Å². The summed E-state index contributed by atoms with van der Waals surface area (Å²) in [5.74, 6) is -0.790. The summed E-state index contributed by atoms with van der Waals surface area (Å²) >= 11 is 0. The van der Waals surface area contributed by atoms with Crippen molar-refractivity contribution in [1.29, 1.82) is 0 Å². The molecule has 0 radical (unpaired) electrons. The number of carboxylic acids is 1. The van der Waals surface area contributed by atoms with Crippen molar-refractivity contribution in [2.24, 2.45) is 0 Å². The van der Waals surface area contributed by atoms with Crippen LogP contribution in [0.15, 0.2) is 65.8 Å². The average molecular weight is 278 g/mol. The Kier molecular flexibility index (Phi) is 3.17. The molecule has 106 valence electrons. The summed E-state index contributed by atoms with van der Waals surface area (Å²) in [5.41, 5.74) is 2.20. The van der Waals surface area contributed by atoms with E-state index in [-0.39, 0.29) is 0 Å². The smallest absolute Gasteiger partial charge is 0.318 e. The van der Waals surface area contributed by atoms with Crippen molar-refractivity contribution in [1.82, 2.24) is 0 Å². The molecular weight excluding hydrogens is 260 g/mol. The highest BCUT2D eigenvalue weighted by molar-refractivity contribution is 5.95. The van der Waals surface area contributed by atoms with Gasteiger partial charge in [-0.15, -0.1) is 0 Å². The van der Waals surface area contributed by atoms with E-state index in [1.54, 1.807) is 0 Å².